The number of benzene rings is 1. The summed E-state index contributed by atoms with van der Waals surface area (Å²) in [4.78, 5) is 72.0. The number of rotatable bonds is 11. The molecule has 10 rings (SSSR count). The van der Waals surface area contributed by atoms with E-state index < -0.39 is 24.3 Å². The quantitative estimate of drug-likeness (QED) is 0.149. The number of likely N-dealkylation sites (tertiary alicyclic amines) is 2. The summed E-state index contributed by atoms with van der Waals surface area (Å²) < 4.78 is 4.83. The number of amides is 4. The molecule has 5 N–H and O–H groups in total. The predicted molar refractivity (Wildman–Crippen MR) is 210 cm³/mol. The van der Waals surface area contributed by atoms with Gasteiger partial charge in [0.25, 0.3) is 0 Å². The number of H-pyrrole nitrogens is 2. The van der Waals surface area contributed by atoms with Gasteiger partial charge in [0.15, 0.2) is 0 Å². The number of carbonyl (C=O) groups excluding carboxylic acids is 3. The third-order valence-corrected chi connectivity index (χ3v) is 14.8. The second-order valence-corrected chi connectivity index (χ2v) is 18.7. The highest BCUT2D eigenvalue weighted by molar-refractivity contribution is 5.87. The molecule has 2 aliphatic heterocycles. The minimum Gasteiger partial charge on any atom is -0.465 e. The molecule has 57 heavy (non-hydrogen) atoms. The summed E-state index contributed by atoms with van der Waals surface area (Å²) in [5.74, 6) is 2.06. The van der Waals surface area contributed by atoms with E-state index in [1.165, 1.54) is 18.4 Å². The van der Waals surface area contributed by atoms with Gasteiger partial charge in [0, 0.05) is 29.4 Å². The zero-order valence-corrected chi connectivity index (χ0v) is 33.6. The van der Waals surface area contributed by atoms with Crippen molar-refractivity contribution in [2.24, 2.45) is 23.7 Å². The molecule has 1 aromatic carbocycles. The van der Waals surface area contributed by atoms with Crippen LogP contribution in [0.4, 0.5) is 9.59 Å². The third-order valence-electron chi connectivity index (χ3n) is 14.8. The van der Waals surface area contributed by atoms with Gasteiger partial charge in [0.05, 0.1) is 31.1 Å². The first kappa shape index (κ1) is 37.7. The lowest BCUT2D eigenvalue weighted by atomic mass is 9.51. The number of aromatic amines is 2. The molecule has 7 aliphatic rings. The van der Waals surface area contributed by atoms with E-state index in [0.717, 1.165) is 87.1 Å². The van der Waals surface area contributed by atoms with Crippen LogP contribution in [0.5, 0.6) is 0 Å². The minimum atomic E-state index is -1.19. The number of carboxylic acid groups (broad SMARTS) is 1. The Hall–Kier alpha value is -4.88. The molecule has 14 heteroatoms. The standard InChI is InChI=1S/C43H56N8O6/c1-22(2)34(48-40(54)55)38(52)50-29-16-25(29)18-31(50)36-44-20-28(46-36)24-6-8-27(9-7-24)42-10-13-43(14-11-42,15-12-42)33-21-45-37(47-33)32-19-26-17-30(26)51(32)39(53)35(23(3)4)49-41(56)57-5/h6-9,20-23,25-26,29-32,34-35,48H,10-19H2,1-5H3,(H,44,46)(H,45,47)(H,49,56)(H,54,55)/t25-,26-,29-,30-,31+,32+,34+,35+,42?,43?/m1/s1. The van der Waals surface area contributed by atoms with E-state index in [2.05, 4.69) is 44.9 Å². The minimum absolute atomic E-state index is 0.0531. The van der Waals surface area contributed by atoms with E-state index in [4.69, 9.17) is 14.7 Å². The highest BCUT2D eigenvalue weighted by atomic mass is 16.5. The Bertz CT molecular complexity index is 2030. The highest BCUT2D eigenvalue weighted by Crippen LogP contribution is 2.59. The zero-order valence-electron chi connectivity index (χ0n) is 33.6. The Kier molecular flexibility index (Phi) is 9.19. The van der Waals surface area contributed by atoms with Crippen molar-refractivity contribution in [1.82, 2.24) is 40.4 Å². The lowest BCUT2D eigenvalue weighted by molar-refractivity contribution is -0.137. The van der Waals surface area contributed by atoms with Crippen LogP contribution in [0.3, 0.4) is 0 Å². The number of aromatic nitrogens is 4. The number of ether oxygens (including phenoxy) is 1. The molecular formula is C43H56N8O6. The van der Waals surface area contributed by atoms with Gasteiger partial charge in [0.1, 0.15) is 23.7 Å². The number of fused-ring (bicyclic) bond motifs is 5. The third kappa shape index (κ3) is 6.47. The number of nitrogens with one attached hydrogen (secondary N) is 4. The average Bonchev–Trinajstić information content (AvgIpc) is 3.79. The Morgan fingerprint density at radius 2 is 1.25 bits per heavy atom. The molecule has 4 amide bonds. The number of alkyl carbamates (subject to hydrolysis) is 1. The number of hydrogen-bond acceptors (Lipinski definition) is 7. The molecule has 3 aromatic rings. The second kappa shape index (κ2) is 13.9. The van der Waals surface area contributed by atoms with Crippen LogP contribution in [0.1, 0.15) is 127 Å². The number of carbonyl (C=O) groups is 4. The smallest absolute Gasteiger partial charge is 0.407 e. The second-order valence-electron chi connectivity index (χ2n) is 18.7. The SMILES string of the molecule is COC(=O)N[C@H](C(=O)N1[C@@H]2C[C@@H]2C[C@H]1c1ncc(C23CCC(c4ccc(-c5cnc([C@@H]6C[C@H]7C[C@H]7N6C(=O)[C@@H](NC(=O)O)C(C)C)[nH]5)cc4)(CC2)CC3)[nH]1)C(C)C. The Balaban J connectivity index is 0.859. The first-order valence-electron chi connectivity index (χ1n) is 21.0. The fourth-order valence-corrected chi connectivity index (χ4v) is 11.2. The Morgan fingerprint density at radius 3 is 1.77 bits per heavy atom. The van der Waals surface area contributed by atoms with E-state index in [9.17, 15) is 24.3 Å². The van der Waals surface area contributed by atoms with Crippen LogP contribution >= 0.6 is 0 Å². The summed E-state index contributed by atoms with van der Waals surface area (Å²) in [5, 5.41) is 14.6. The van der Waals surface area contributed by atoms with Crippen LogP contribution in [-0.4, -0.2) is 90.1 Å². The van der Waals surface area contributed by atoms with E-state index >= 15 is 0 Å². The molecule has 304 valence electrons. The first-order valence-corrected chi connectivity index (χ1v) is 21.0. The largest absolute Gasteiger partial charge is 0.465 e. The van der Waals surface area contributed by atoms with Crippen molar-refractivity contribution in [2.75, 3.05) is 7.11 Å². The normalized spacial score (nSPS) is 31.8. The fourth-order valence-electron chi connectivity index (χ4n) is 11.2. The van der Waals surface area contributed by atoms with Crippen molar-refractivity contribution in [3.63, 3.8) is 0 Å². The van der Waals surface area contributed by atoms with Crippen molar-refractivity contribution in [3.8, 4) is 11.3 Å². The van der Waals surface area contributed by atoms with Crippen LogP contribution < -0.4 is 10.6 Å². The van der Waals surface area contributed by atoms with Crippen LogP contribution in [0.15, 0.2) is 36.7 Å². The molecule has 8 atom stereocenters. The van der Waals surface area contributed by atoms with Gasteiger partial charge in [-0.05, 0) is 104 Å². The molecule has 2 saturated heterocycles. The van der Waals surface area contributed by atoms with Gasteiger partial charge in [-0.2, -0.15) is 0 Å². The summed E-state index contributed by atoms with van der Waals surface area (Å²) in [6.07, 6.45) is 12.3. The maximum Gasteiger partial charge on any atom is 0.407 e. The van der Waals surface area contributed by atoms with E-state index in [0.29, 0.717) is 11.8 Å². The summed E-state index contributed by atoms with van der Waals surface area (Å²) >= 11 is 0. The molecule has 14 nitrogen and oxygen atoms in total. The van der Waals surface area contributed by atoms with Crippen LogP contribution in [0, 0.1) is 23.7 Å². The van der Waals surface area contributed by atoms with Crippen LogP contribution in [0.2, 0.25) is 0 Å². The highest BCUT2D eigenvalue weighted by Gasteiger charge is 2.58. The van der Waals surface area contributed by atoms with Crippen LogP contribution in [0.25, 0.3) is 11.3 Å². The molecule has 4 heterocycles. The van der Waals surface area contributed by atoms with E-state index in [-0.39, 0.29) is 58.6 Å². The zero-order chi connectivity index (χ0) is 40.0. The molecule has 0 spiro atoms. The average molecular weight is 781 g/mol. The molecule has 0 unspecified atom stereocenters. The molecule has 0 radical (unpaired) electrons. The lowest BCUT2D eigenvalue weighted by Crippen LogP contribution is -2.52. The molecule has 2 aromatic heterocycles. The maximum atomic E-state index is 13.9. The monoisotopic (exact) mass is 780 g/mol. The maximum absolute atomic E-state index is 13.9. The van der Waals surface area contributed by atoms with Gasteiger partial charge in [-0.3, -0.25) is 9.59 Å². The van der Waals surface area contributed by atoms with Gasteiger partial charge >= 0.3 is 12.2 Å². The van der Waals surface area contributed by atoms with E-state index in [1.54, 1.807) is 0 Å². The Morgan fingerprint density at radius 1 is 0.737 bits per heavy atom. The lowest BCUT2D eigenvalue weighted by Gasteiger charge is -2.53. The van der Waals surface area contributed by atoms with Gasteiger partial charge in [0.2, 0.25) is 11.8 Å². The number of piperidine rings is 2. The van der Waals surface area contributed by atoms with Crippen molar-refractivity contribution in [1.29, 1.82) is 0 Å². The van der Waals surface area contributed by atoms with Gasteiger partial charge < -0.3 is 40.2 Å². The number of nitrogens with zero attached hydrogens (tertiary/aromatic N) is 4. The number of imidazole rings is 2. The Labute approximate surface area is 333 Å². The van der Waals surface area contributed by atoms with Crippen molar-refractivity contribution >= 4 is 24.0 Å². The van der Waals surface area contributed by atoms with Gasteiger partial charge in [-0.15, -0.1) is 0 Å². The number of methoxy groups -OCH3 is 1. The summed E-state index contributed by atoms with van der Waals surface area (Å²) in [7, 11) is 1.32. The molecule has 5 saturated carbocycles. The number of hydrogen-bond donors (Lipinski definition) is 5. The predicted octanol–water partition coefficient (Wildman–Crippen LogP) is 6.34. The van der Waals surface area contributed by atoms with E-state index in [1.807, 2.05) is 49.9 Å². The molecule has 5 aliphatic carbocycles. The molecule has 2 bridgehead atoms. The summed E-state index contributed by atoms with van der Waals surface area (Å²) in [6.45, 7) is 7.62. The molecular weight excluding hydrogens is 725 g/mol. The summed E-state index contributed by atoms with van der Waals surface area (Å²) in [5.41, 5.74) is 4.72. The van der Waals surface area contributed by atoms with Crippen LogP contribution in [-0.2, 0) is 25.2 Å². The van der Waals surface area contributed by atoms with Gasteiger partial charge in [-0.25, -0.2) is 19.6 Å². The van der Waals surface area contributed by atoms with Crippen molar-refractivity contribution < 1.29 is 29.0 Å². The van der Waals surface area contributed by atoms with Gasteiger partial charge in [-0.1, -0.05) is 52.0 Å². The summed E-state index contributed by atoms with van der Waals surface area (Å²) in [6, 6.07) is 7.52. The first-order chi connectivity index (χ1) is 27.3. The molecule has 7 fully saturated rings. The van der Waals surface area contributed by atoms with Crippen molar-refractivity contribution in [2.45, 2.75) is 139 Å². The van der Waals surface area contributed by atoms with Crippen molar-refractivity contribution in [3.05, 3.63) is 59.6 Å². The fraction of sp³-hybridized carbons (Fsp3) is 0.628. The topological polar surface area (TPSA) is 186 Å².